The van der Waals surface area contributed by atoms with Crippen LogP contribution in [-0.2, 0) is 4.79 Å². The summed E-state index contributed by atoms with van der Waals surface area (Å²) in [6.45, 7) is 3.96. The maximum atomic E-state index is 13.3. The van der Waals surface area contributed by atoms with Gasteiger partial charge in [-0.3, -0.25) is 9.69 Å². The van der Waals surface area contributed by atoms with E-state index in [0.717, 1.165) is 42.8 Å². The fourth-order valence-corrected chi connectivity index (χ4v) is 4.54. The smallest absolute Gasteiger partial charge is 0.251 e. The Kier molecular flexibility index (Phi) is 5.71. The molecule has 0 radical (unpaired) electrons. The molecule has 0 unspecified atom stereocenters. The Morgan fingerprint density at radius 2 is 1.69 bits per heavy atom. The second-order valence-electron chi connectivity index (χ2n) is 8.58. The lowest BCUT2D eigenvalue weighted by Crippen LogP contribution is -2.42. The Bertz CT molecular complexity index is 1100. The lowest BCUT2D eigenvalue weighted by atomic mass is 10.00. The second-order valence-corrected chi connectivity index (χ2v) is 8.58. The van der Waals surface area contributed by atoms with Gasteiger partial charge in [-0.2, -0.15) is 4.68 Å². The first kappa shape index (κ1) is 20.4. The molecule has 0 bridgehead atoms. The van der Waals surface area contributed by atoms with Crippen molar-refractivity contribution in [1.29, 1.82) is 0 Å². The first-order valence-corrected chi connectivity index (χ1v) is 11.4. The first-order valence-electron chi connectivity index (χ1n) is 11.4. The number of likely N-dealkylation sites (tertiary alicyclic amines) is 1. The highest BCUT2D eigenvalue weighted by Gasteiger charge is 2.32. The average molecular weight is 429 g/mol. The lowest BCUT2D eigenvalue weighted by molar-refractivity contribution is -0.129. The number of aryl methyl sites for hydroxylation is 1. The van der Waals surface area contributed by atoms with Crippen molar-refractivity contribution in [3.63, 3.8) is 0 Å². The molecule has 3 aromatic rings. The van der Waals surface area contributed by atoms with Crippen LogP contribution < -0.4 is 4.90 Å². The van der Waals surface area contributed by atoms with Gasteiger partial charge in [0.1, 0.15) is 12.6 Å². The van der Waals surface area contributed by atoms with E-state index in [2.05, 4.69) is 64.9 Å². The largest absolute Gasteiger partial charge is 0.341 e. The number of nitrogens with zero attached hydrogens (tertiary/aromatic N) is 6. The van der Waals surface area contributed by atoms with E-state index in [1.165, 1.54) is 18.4 Å². The third-order valence-electron chi connectivity index (χ3n) is 6.33. The highest BCUT2D eigenvalue weighted by atomic mass is 16.2. The molecule has 7 heteroatoms. The van der Waals surface area contributed by atoms with Crippen LogP contribution >= 0.6 is 0 Å². The minimum Gasteiger partial charge on any atom is -0.341 e. The zero-order chi connectivity index (χ0) is 21.9. The van der Waals surface area contributed by atoms with Gasteiger partial charge in [-0.15, -0.1) is 0 Å². The summed E-state index contributed by atoms with van der Waals surface area (Å²) in [7, 11) is 0. The Morgan fingerprint density at radius 1 is 0.969 bits per heavy atom. The van der Waals surface area contributed by atoms with Gasteiger partial charge in [0.25, 0.3) is 5.95 Å². The molecule has 0 N–H and O–H groups in total. The van der Waals surface area contributed by atoms with Gasteiger partial charge < -0.3 is 4.90 Å². The van der Waals surface area contributed by atoms with Gasteiger partial charge in [-0.1, -0.05) is 78.1 Å². The molecule has 164 valence electrons. The molecule has 1 atom stereocenters. The molecule has 0 aliphatic carbocycles. The number of tetrazole rings is 1. The highest BCUT2D eigenvalue weighted by Crippen LogP contribution is 2.36. The fourth-order valence-electron chi connectivity index (χ4n) is 4.54. The lowest BCUT2D eigenvalue weighted by Gasteiger charge is -2.34. The molecular weight excluding hydrogens is 400 g/mol. The van der Waals surface area contributed by atoms with Crippen LogP contribution in [0.15, 0.2) is 60.7 Å². The van der Waals surface area contributed by atoms with Crippen molar-refractivity contribution in [3.05, 3.63) is 77.4 Å². The minimum absolute atomic E-state index is 0.122. The number of rotatable bonds is 4. The average Bonchev–Trinajstić information content (AvgIpc) is 3.15. The number of amides is 1. The maximum absolute atomic E-state index is 13.3. The summed E-state index contributed by atoms with van der Waals surface area (Å²) in [5.74, 6) is 0.720. The molecule has 1 amide bonds. The van der Waals surface area contributed by atoms with Crippen molar-refractivity contribution >= 4 is 17.6 Å². The molecule has 2 aromatic carbocycles. The van der Waals surface area contributed by atoms with Crippen molar-refractivity contribution in [1.82, 2.24) is 25.1 Å². The number of hydrogen-bond donors (Lipinski definition) is 0. The van der Waals surface area contributed by atoms with Crippen LogP contribution in [0.1, 0.15) is 48.4 Å². The Balaban J connectivity index is 1.54. The monoisotopic (exact) mass is 428 g/mol. The minimum atomic E-state index is -0.139. The van der Waals surface area contributed by atoms with E-state index in [9.17, 15) is 4.79 Å². The second kappa shape index (κ2) is 8.94. The summed E-state index contributed by atoms with van der Waals surface area (Å²) in [4.78, 5) is 17.3. The van der Waals surface area contributed by atoms with Crippen LogP contribution in [0.2, 0.25) is 0 Å². The predicted molar refractivity (Wildman–Crippen MR) is 124 cm³/mol. The molecule has 1 fully saturated rings. The van der Waals surface area contributed by atoms with Crippen molar-refractivity contribution in [2.24, 2.45) is 0 Å². The van der Waals surface area contributed by atoms with Gasteiger partial charge in [0.15, 0.2) is 0 Å². The van der Waals surface area contributed by atoms with Crippen LogP contribution in [-0.4, -0.2) is 50.6 Å². The van der Waals surface area contributed by atoms with E-state index in [-0.39, 0.29) is 18.5 Å². The van der Waals surface area contributed by atoms with Gasteiger partial charge in [0.2, 0.25) is 5.91 Å². The maximum Gasteiger partial charge on any atom is 0.251 e. The summed E-state index contributed by atoms with van der Waals surface area (Å²) in [5, 5.41) is 12.6. The van der Waals surface area contributed by atoms with E-state index in [1.54, 1.807) is 0 Å². The van der Waals surface area contributed by atoms with Gasteiger partial charge in [0.05, 0.1) is 5.70 Å². The normalized spacial score (nSPS) is 18.7. The summed E-state index contributed by atoms with van der Waals surface area (Å²) in [6.07, 6.45) is 6.69. The topological polar surface area (TPSA) is 67.2 Å². The molecule has 2 aliphatic rings. The number of anilines is 1. The van der Waals surface area contributed by atoms with Gasteiger partial charge in [-0.25, -0.2) is 0 Å². The summed E-state index contributed by atoms with van der Waals surface area (Å²) < 4.78 is 1.81. The number of fused-ring (bicyclic) bond motifs is 1. The number of allylic oxidation sites excluding steroid dienone is 1. The highest BCUT2D eigenvalue weighted by molar-refractivity contribution is 5.89. The molecule has 5 rings (SSSR count). The van der Waals surface area contributed by atoms with Crippen LogP contribution in [0.5, 0.6) is 0 Å². The molecule has 3 heterocycles. The standard InChI is InChI=1S/C25H28N6O/c1-19-11-13-21(14-12-19)23-17-22(20-9-5-4-6-10-20)30(25-26-27-28-31(23)25)18-24(32)29-15-7-2-3-8-16-29/h4-6,9-14,17,23H,2-3,7-8,15-16,18H2,1H3/t23-/m0/s1. The van der Waals surface area contributed by atoms with Crippen molar-refractivity contribution in [3.8, 4) is 0 Å². The zero-order valence-corrected chi connectivity index (χ0v) is 18.4. The van der Waals surface area contributed by atoms with E-state index in [4.69, 9.17) is 0 Å². The van der Waals surface area contributed by atoms with Gasteiger partial charge in [0, 0.05) is 13.1 Å². The summed E-state index contributed by atoms with van der Waals surface area (Å²) in [5.41, 5.74) is 4.32. The SMILES string of the molecule is Cc1ccc([C@@H]2C=C(c3ccccc3)N(CC(=O)N3CCCCCC3)c3nnnn32)cc1. The number of carbonyl (C=O) groups excluding carboxylic acids is 1. The summed E-state index contributed by atoms with van der Waals surface area (Å²) >= 11 is 0. The molecule has 1 saturated heterocycles. The Labute approximate surface area is 188 Å². The van der Waals surface area contributed by atoms with Gasteiger partial charge in [-0.05, 0) is 47.4 Å². The number of carbonyl (C=O) groups is 1. The molecule has 7 nitrogen and oxygen atoms in total. The van der Waals surface area contributed by atoms with Crippen molar-refractivity contribution in [2.45, 2.75) is 38.6 Å². The molecule has 0 saturated carbocycles. The third kappa shape index (κ3) is 4.02. The van der Waals surface area contributed by atoms with Crippen LogP contribution in [0.3, 0.4) is 0 Å². The number of benzene rings is 2. The fraction of sp³-hybridized carbons (Fsp3) is 0.360. The number of aromatic nitrogens is 4. The van der Waals surface area contributed by atoms with Crippen molar-refractivity contribution < 1.29 is 4.79 Å². The Hall–Kier alpha value is -3.48. The Morgan fingerprint density at radius 3 is 2.41 bits per heavy atom. The molecule has 2 aliphatic heterocycles. The van der Waals surface area contributed by atoms with Gasteiger partial charge >= 0.3 is 0 Å². The summed E-state index contributed by atoms with van der Waals surface area (Å²) in [6, 6.07) is 18.5. The van der Waals surface area contributed by atoms with Crippen LogP contribution in [0, 0.1) is 6.92 Å². The molecule has 32 heavy (non-hydrogen) atoms. The first-order chi connectivity index (χ1) is 15.7. The van der Waals surface area contributed by atoms with Crippen LogP contribution in [0.25, 0.3) is 5.70 Å². The number of hydrogen-bond acceptors (Lipinski definition) is 5. The quantitative estimate of drug-likeness (QED) is 0.632. The van der Waals surface area contributed by atoms with Crippen LogP contribution in [0.4, 0.5) is 5.95 Å². The van der Waals surface area contributed by atoms with E-state index in [0.29, 0.717) is 5.95 Å². The molecule has 1 aromatic heterocycles. The predicted octanol–water partition coefficient (Wildman–Crippen LogP) is 3.83. The van der Waals surface area contributed by atoms with E-state index in [1.807, 2.05) is 32.7 Å². The van der Waals surface area contributed by atoms with Crippen molar-refractivity contribution in [2.75, 3.05) is 24.5 Å². The molecule has 0 spiro atoms. The molecular formula is C25H28N6O. The van der Waals surface area contributed by atoms with E-state index >= 15 is 0 Å². The zero-order valence-electron chi connectivity index (χ0n) is 18.4. The van der Waals surface area contributed by atoms with E-state index < -0.39 is 0 Å². The third-order valence-corrected chi connectivity index (χ3v) is 6.33.